The Kier molecular flexibility index (Phi) is 3.31. The molecule has 0 aliphatic carbocycles. The molecule has 0 aromatic carbocycles. The number of nitrogens with zero attached hydrogens (tertiary/aromatic N) is 5. The maximum absolute atomic E-state index is 4.53. The molecule has 0 amide bonds. The van der Waals surface area contributed by atoms with E-state index in [4.69, 9.17) is 0 Å². The molecular weight excluding hydrogens is 264 g/mol. The van der Waals surface area contributed by atoms with E-state index < -0.39 is 0 Å². The fraction of sp³-hybridized carbons (Fsp3) is 0.533. The van der Waals surface area contributed by atoms with Gasteiger partial charge in [-0.3, -0.25) is 4.90 Å². The standard InChI is InChI=1S/C15H20N6/c1-2-5-21(4-1)15-16-7-12(8-17-15)9-20-6-3-13-14(10-20)19-11-18-13/h7-8,11H,1-6,9-10H2,(H,18,19). The summed E-state index contributed by atoms with van der Waals surface area (Å²) < 4.78 is 0. The van der Waals surface area contributed by atoms with Crippen LogP contribution >= 0.6 is 0 Å². The average molecular weight is 284 g/mol. The minimum absolute atomic E-state index is 0.880. The SMILES string of the molecule is c1nc2c([nH]1)CN(Cc1cnc(N3CCCC3)nc1)CC2. The topological polar surface area (TPSA) is 60.9 Å². The van der Waals surface area contributed by atoms with Gasteiger partial charge in [0.25, 0.3) is 0 Å². The second-order valence-corrected chi connectivity index (χ2v) is 5.87. The van der Waals surface area contributed by atoms with Gasteiger partial charge in [0.15, 0.2) is 0 Å². The fourth-order valence-corrected chi connectivity index (χ4v) is 3.17. The van der Waals surface area contributed by atoms with Crippen LogP contribution in [0.4, 0.5) is 5.95 Å². The summed E-state index contributed by atoms with van der Waals surface area (Å²) in [6.07, 6.45) is 9.27. The number of H-pyrrole nitrogens is 1. The van der Waals surface area contributed by atoms with Crippen molar-refractivity contribution in [3.8, 4) is 0 Å². The summed E-state index contributed by atoms with van der Waals surface area (Å²) in [5.41, 5.74) is 3.64. The first-order chi connectivity index (χ1) is 10.4. The molecule has 0 saturated carbocycles. The normalized spacial score (nSPS) is 19.0. The zero-order chi connectivity index (χ0) is 14.1. The molecule has 2 aliphatic rings. The number of anilines is 1. The van der Waals surface area contributed by atoms with Crippen molar-refractivity contribution in [3.05, 3.63) is 35.7 Å². The molecule has 0 bridgehead atoms. The van der Waals surface area contributed by atoms with E-state index in [0.717, 1.165) is 45.1 Å². The van der Waals surface area contributed by atoms with E-state index in [-0.39, 0.29) is 0 Å². The van der Waals surface area contributed by atoms with Crippen LogP contribution in [-0.4, -0.2) is 44.5 Å². The number of nitrogens with one attached hydrogen (secondary N) is 1. The van der Waals surface area contributed by atoms with Gasteiger partial charge in [-0.1, -0.05) is 0 Å². The van der Waals surface area contributed by atoms with Crippen LogP contribution in [0, 0.1) is 0 Å². The summed E-state index contributed by atoms with van der Waals surface area (Å²) in [5.74, 6) is 0.880. The van der Waals surface area contributed by atoms with Crippen molar-refractivity contribution in [1.82, 2.24) is 24.8 Å². The average Bonchev–Trinajstić information content (AvgIpc) is 3.19. The van der Waals surface area contributed by atoms with E-state index in [2.05, 4.69) is 29.7 Å². The van der Waals surface area contributed by atoms with Crippen molar-refractivity contribution in [1.29, 1.82) is 0 Å². The van der Waals surface area contributed by atoms with Crippen molar-refractivity contribution in [2.45, 2.75) is 32.4 Å². The Morgan fingerprint density at radius 2 is 1.86 bits per heavy atom. The van der Waals surface area contributed by atoms with E-state index >= 15 is 0 Å². The van der Waals surface area contributed by atoms with E-state index in [0.29, 0.717) is 0 Å². The van der Waals surface area contributed by atoms with Gasteiger partial charge in [0.05, 0.1) is 17.7 Å². The van der Waals surface area contributed by atoms with Crippen LogP contribution in [-0.2, 0) is 19.5 Å². The largest absolute Gasteiger partial charge is 0.347 e. The maximum Gasteiger partial charge on any atom is 0.225 e. The Morgan fingerprint density at radius 3 is 2.67 bits per heavy atom. The summed E-state index contributed by atoms with van der Waals surface area (Å²) >= 11 is 0. The lowest BCUT2D eigenvalue weighted by atomic mass is 10.1. The molecule has 0 spiro atoms. The highest BCUT2D eigenvalue weighted by Gasteiger charge is 2.19. The van der Waals surface area contributed by atoms with Crippen LogP contribution < -0.4 is 4.90 Å². The van der Waals surface area contributed by atoms with Gasteiger partial charge in [0.1, 0.15) is 0 Å². The van der Waals surface area contributed by atoms with Gasteiger partial charge < -0.3 is 9.88 Å². The van der Waals surface area contributed by atoms with Gasteiger partial charge in [-0.2, -0.15) is 0 Å². The summed E-state index contributed by atoms with van der Waals surface area (Å²) in [6, 6.07) is 0. The molecule has 4 heterocycles. The molecule has 2 aromatic heterocycles. The number of hydrogen-bond acceptors (Lipinski definition) is 5. The maximum atomic E-state index is 4.53. The molecule has 6 nitrogen and oxygen atoms in total. The number of hydrogen-bond donors (Lipinski definition) is 1. The Balaban J connectivity index is 1.41. The van der Waals surface area contributed by atoms with Crippen LogP contribution in [0.2, 0.25) is 0 Å². The van der Waals surface area contributed by atoms with E-state index in [1.807, 2.05) is 12.4 Å². The molecule has 1 saturated heterocycles. The predicted molar refractivity (Wildman–Crippen MR) is 79.9 cm³/mol. The number of rotatable bonds is 3. The smallest absolute Gasteiger partial charge is 0.225 e. The quantitative estimate of drug-likeness (QED) is 0.922. The second-order valence-electron chi connectivity index (χ2n) is 5.87. The molecule has 0 radical (unpaired) electrons. The van der Waals surface area contributed by atoms with Crippen LogP contribution in [0.3, 0.4) is 0 Å². The fourth-order valence-electron chi connectivity index (χ4n) is 3.17. The molecule has 2 aromatic rings. The van der Waals surface area contributed by atoms with Gasteiger partial charge in [-0.25, -0.2) is 15.0 Å². The van der Waals surface area contributed by atoms with Crippen molar-refractivity contribution in [3.63, 3.8) is 0 Å². The van der Waals surface area contributed by atoms with Crippen LogP contribution in [0.25, 0.3) is 0 Å². The molecule has 2 aliphatic heterocycles. The van der Waals surface area contributed by atoms with Crippen LogP contribution in [0.15, 0.2) is 18.7 Å². The Hall–Kier alpha value is -1.95. The molecule has 1 fully saturated rings. The van der Waals surface area contributed by atoms with Gasteiger partial charge in [0, 0.05) is 57.1 Å². The monoisotopic (exact) mass is 284 g/mol. The highest BCUT2D eigenvalue weighted by molar-refractivity contribution is 5.31. The first-order valence-electron chi connectivity index (χ1n) is 7.68. The molecule has 6 heteroatoms. The first-order valence-corrected chi connectivity index (χ1v) is 7.68. The van der Waals surface area contributed by atoms with Gasteiger partial charge >= 0.3 is 0 Å². The Morgan fingerprint density at radius 1 is 1.05 bits per heavy atom. The Labute approximate surface area is 124 Å². The number of aromatic amines is 1. The molecule has 1 N–H and O–H groups in total. The van der Waals surface area contributed by atoms with Gasteiger partial charge in [-0.15, -0.1) is 0 Å². The van der Waals surface area contributed by atoms with E-state index in [9.17, 15) is 0 Å². The number of fused-ring (bicyclic) bond motifs is 1. The highest BCUT2D eigenvalue weighted by atomic mass is 15.3. The number of aromatic nitrogens is 4. The number of imidazole rings is 1. The molecule has 21 heavy (non-hydrogen) atoms. The lowest BCUT2D eigenvalue weighted by molar-refractivity contribution is 0.241. The third-order valence-electron chi connectivity index (χ3n) is 4.34. The molecule has 0 unspecified atom stereocenters. The van der Waals surface area contributed by atoms with Crippen molar-refractivity contribution < 1.29 is 0 Å². The Bertz CT molecular complexity index is 599. The summed E-state index contributed by atoms with van der Waals surface area (Å²) in [6.45, 7) is 5.07. The lowest BCUT2D eigenvalue weighted by Gasteiger charge is -2.25. The predicted octanol–water partition coefficient (Wildman–Crippen LogP) is 1.36. The van der Waals surface area contributed by atoms with E-state index in [1.165, 1.54) is 29.8 Å². The van der Waals surface area contributed by atoms with Crippen LogP contribution in [0.5, 0.6) is 0 Å². The molecule has 0 atom stereocenters. The zero-order valence-corrected chi connectivity index (χ0v) is 12.1. The van der Waals surface area contributed by atoms with Crippen molar-refractivity contribution in [2.24, 2.45) is 0 Å². The minimum Gasteiger partial charge on any atom is -0.347 e. The van der Waals surface area contributed by atoms with Gasteiger partial charge in [-0.05, 0) is 12.8 Å². The third-order valence-corrected chi connectivity index (χ3v) is 4.34. The van der Waals surface area contributed by atoms with Crippen LogP contribution in [0.1, 0.15) is 29.8 Å². The molecular formula is C15H20N6. The molecule has 4 rings (SSSR count). The highest BCUT2D eigenvalue weighted by Crippen LogP contribution is 2.18. The zero-order valence-electron chi connectivity index (χ0n) is 12.1. The lowest BCUT2D eigenvalue weighted by Crippen LogP contribution is -2.30. The van der Waals surface area contributed by atoms with Crippen molar-refractivity contribution >= 4 is 5.95 Å². The van der Waals surface area contributed by atoms with E-state index in [1.54, 1.807) is 6.33 Å². The van der Waals surface area contributed by atoms with Gasteiger partial charge in [0.2, 0.25) is 5.95 Å². The molecule has 110 valence electrons. The summed E-state index contributed by atoms with van der Waals surface area (Å²) in [7, 11) is 0. The third kappa shape index (κ3) is 2.63. The summed E-state index contributed by atoms with van der Waals surface area (Å²) in [4.78, 5) is 21.3. The second kappa shape index (κ2) is 5.44. The first kappa shape index (κ1) is 12.8. The van der Waals surface area contributed by atoms with Crippen molar-refractivity contribution in [2.75, 3.05) is 24.5 Å². The summed E-state index contributed by atoms with van der Waals surface area (Å²) in [5, 5.41) is 0. The minimum atomic E-state index is 0.880.